The highest BCUT2D eigenvalue weighted by Gasteiger charge is 2.36. The summed E-state index contributed by atoms with van der Waals surface area (Å²) in [7, 11) is -3.97. The summed E-state index contributed by atoms with van der Waals surface area (Å²) in [6.45, 7) is -0.310. The molecule has 1 fully saturated rings. The molecule has 0 spiro atoms. The molecule has 0 aromatic heterocycles. The molecular formula is C21H18F3N3O3S. The average molecular weight is 449 g/mol. The van der Waals surface area contributed by atoms with Crippen molar-refractivity contribution < 1.29 is 26.4 Å². The van der Waals surface area contributed by atoms with Gasteiger partial charge in [-0.2, -0.15) is 22.7 Å². The zero-order valence-corrected chi connectivity index (χ0v) is 17.0. The fourth-order valence-corrected chi connectivity index (χ4v) is 4.80. The summed E-state index contributed by atoms with van der Waals surface area (Å²) in [5.41, 5.74) is -1.18. The number of hydrogen-bond donors (Lipinski definition) is 0. The van der Waals surface area contributed by atoms with Gasteiger partial charge in [-0.15, -0.1) is 0 Å². The van der Waals surface area contributed by atoms with Crippen LogP contribution in [-0.4, -0.2) is 55.9 Å². The number of carbonyl (C=O) groups excluding carboxylic acids is 1. The molecule has 0 atom stereocenters. The fraction of sp³-hybridized carbons (Fsp3) is 0.238. The quantitative estimate of drug-likeness (QED) is 0.672. The third kappa shape index (κ3) is 4.95. The maximum Gasteiger partial charge on any atom is 0.417 e. The first kappa shape index (κ1) is 22.5. The molecule has 162 valence electrons. The summed E-state index contributed by atoms with van der Waals surface area (Å²) >= 11 is 0. The third-order valence-corrected chi connectivity index (χ3v) is 6.79. The Balaban J connectivity index is 1.76. The first-order valence-corrected chi connectivity index (χ1v) is 10.7. The SMILES string of the molecule is N#Cc1ccccc1S(=O)(=O)N1CCN(C(=O)/C=C(\c2ccccc2)C(F)(F)F)CC1. The molecule has 0 radical (unpaired) electrons. The van der Waals surface area contributed by atoms with Gasteiger partial charge in [-0.25, -0.2) is 8.42 Å². The van der Waals surface area contributed by atoms with Crippen molar-refractivity contribution in [3.8, 4) is 6.07 Å². The van der Waals surface area contributed by atoms with E-state index in [2.05, 4.69) is 0 Å². The van der Waals surface area contributed by atoms with Crippen LogP contribution in [0.25, 0.3) is 5.57 Å². The van der Waals surface area contributed by atoms with Crippen LogP contribution in [0.5, 0.6) is 0 Å². The standard InChI is InChI=1S/C21H18F3N3O3S/c22-21(23,24)18(16-6-2-1-3-7-16)14-20(28)26-10-12-27(13-11-26)31(29,30)19-9-5-4-8-17(19)15-25/h1-9,14H,10-13H2/b18-14+. The van der Waals surface area contributed by atoms with Crippen molar-refractivity contribution in [2.45, 2.75) is 11.1 Å². The van der Waals surface area contributed by atoms with Crippen molar-refractivity contribution in [2.75, 3.05) is 26.2 Å². The van der Waals surface area contributed by atoms with Gasteiger partial charge >= 0.3 is 6.18 Å². The summed E-state index contributed by atoms with van der Waals surface area (Å²) in [5.74, 6) is -0.842. The molecule has 1 saturated heterocycles. The maximum atomic E-state index is 13.5. The van der Waals surface area contributed by atoms with Crippen LogP contribution in [0.4, 0.5) is 13.2 Å². The Morgan fingerprint density at radius 2 is 1.55 bits per heavy atom. The number of halogens is 3. The van der Waals surface area contributed by atoms with E-state index in [0.29, 0.717) is 6.08 Å². The minimum absolute atomic E-state index is 0.00150. The van der Waals surface area contributed by atoms with Crippen molar-refractivity contribution in [3.05, 3.63) is 71.8 Å². The molecule has 0 aliphatic carbocycles. The van der Waals surface area contributed by atoms with Gasteiger partial charge in [-0.1, -0.05) is 42.5 Å². The van der Waals surface area contributed by atoms with Gasteiger partial charge < -0.3 is 4.90 Å². The van der Waals surface area contributed by atoms with E-state index in [1.54, 1.807) is 12.1 Å². The van der Waals surface area contributed by atoms with Gasteiger partial charge in [-0.05, 0) is 17.7 Å². The van der Waals surface area contributed by atoms with Crippen LogP contribution in [-0.2, 0) is 14.8 Å². The Morgan fingerprint density at radius 1 is 0.968 bits per heavy atom. The Hall–Kier alpha value is -3.16. The number of sulfonamides is 1. The van der Waals surface area contributed by atoms with E-state index in [0.717, 1.165) is 4.31 Å². The van der Waals surface area contributed by atoms with Gasteiger partial charge in [0.05, 0.1) is 16.0 Å². The van der Waals surface area contributed by atoms with E-state index in [1.807, 2.05) is 6.07 Å². The number of alkyl halides is 3. The molecule has 2 aromatic carbocycles. The van der Waals surface area contributed by atoms with Crippen LogP contribution in [0.2, 0.25) is 0 Å². The number of carbonyl (C=O) groups is 1. The summed E-state index contributed by atoms with van der Waals surface area (Å²) in [6.07, 6.45) is -4.17. The van der Waals surface area contributed by atoms with Crippen molar-refractivity contribution in [3.63, 3.8) is 0 Å². The number of nitriles is 1. The monoisotopic (exact) mass is 449 g/mol. The van der Waals surface area contributed by atoms with Gasteiger partial charge in [0.25, 0.3) is 0 Å². The number of nitrogens with zero attached hydrogens (tertiary/aromatic N) is 3. The van der Waals surface area contributed by atoms with Crippen LogP contribution in [0, 0.1) is 11.3 Å². The van der Waals surface area contributed by atoms with Crippen LogP contribution >= 0.6 is 0 Å². The molecule has 0 saturated carbocycles. The van der Waals surface area contributed by atoms with Crippen molar-refractivity contribution in [1.29, 1.82) is 5.26 Å². The van der Waals surface area contributed by atoms with Gasteiger partial charge in [0.1, 0.15) is 6.07 Å². The number of rotatable bonds is 4. The molecule has 31 heavy (non-hydrogen) atoms. The normalized spacial score (nSPS) is 16.1. The molecule has 1 aliphatic heterocycles. The number of benzene rings is 2. The predicted molar refractivity (Wildman–Crippen MR) is 107 cm³/mol. The summed E-state index contributed by atoms with van der Waals surface area (Å²) in [6, 6.07) is 14.6. The largest absolute Gasteiger partial charge is 0.417 e. The maximum absolute atomic E-state index is 13.5. The topological polar surface area (TPSA) is 81.5 Å². The Morgan fingerprint density at radius 3 is 2.13 bits per heavy atom. The molecule has 2 aromatic rings. The molecule has 1 amide bonds. The number of piperazine rings is 1. The smallest absolute Gasteiger partial charge is 0.337 e. The average Bonchev–Trinajstić information content (AvgIpc) is 2.77. The number of allylic oxidation sites excluding steroid dienone is 1. The van der Waals surface area contributed by atoms with Gasteiger partial charge in [0.15, 0.2) is 0 Å². The minimum atomic E-state index is -4.72. The van der Waals surface area contributed by atoms with E-state index in [-0.39, 0.29) is 42.2 Å². The van der Waals surface area contributed by atoms with Crippen molar-refractivity contribution >= 4 is 21.5 Å². The lowest BCUT2D eigenvalue weighted by atomic mass is 10.0. The molecular weight excluding hydrogens is 431 g/mol. The molecule has 10 heteroatoms. The molecule has 6 nitrogen and oxygen atoms in total. The second-order valence-electron chi connectivity index (χ2n) is 6.76. The Labute approximate surface area is 177 Å². The second-order valence-corrected chi connectivity index (χ2v) is 8.67. The van der Waals surface area contributed by atoms with Gasteiger partial charge in [-0.3, -0.25) is 4.79 Å². The van der Waals surface area contributed by atoms with E-state index < -0.39 is 27.7 Å². The zero-order chi connectivity index (χ0) is 22.6. The highest BCUT2D eigenvalue weighted by molar-refractivity contribution is 7.89. The van der Waals surface area contributed by atoms with Gasteiger partial charge in [0, 0.05) is 32.3 Å². The van der Waals surface area contributed by atoms with Gasteiger partial charge in [0.2, 0.25) is 15.9 Å². The lowest BCUT2D eigenvalue weighted by Gasteiger charge is -2.33. The highest BCUT2D eigenvalue weighted by atomic mass is 32.2. The van der Waals surface area contributed by atoms with E-state index in [9.17, 15) is 26.4 Å². The zero-order valence-electron chi connectivity index (χ0n) is 16.2. The summed E-state index contributed by atoms with van der Waals surface area (Å²) in [4.78, 5) is 13.5. The third-order valence-electron chi connectivity index (χ3n) is 4.83. The lowest BCUT2D eigenvalue weighted by Crippen LogP contribution is -2.50. The molecule has 3 rings (SSSR count). The first-order valence-electron chi connectivity index (χ1n) is 9.27. The van der Waals surface area contributed by atoms with E-state index in [1.165, 1.54) is 47.4 Å². The lowest BCUT2D eigenvalue weighted by molar-refractivity contribution is -0.127. The summed E-state index contributed by atoms with van der Waals surface area (Å²) < 4.78 is 67.2. The highest BCUT2D eigenvalue weighted by Crippen LogP contribution is 2.34. The number of amides is 1. The van der Waals surface area contributed by atoms with Crippen LogP contribution in [0.1, 0.15) is 11.1 Å². The molecule has 0 N–H and O–H groups in total. The van der Waals surface area contributed by atoms with Crippen LogP contribution in [0.3, 0.4) is 0 Å². The Bertz CT molecular complexity index is 1130. The van der Waals surface area contributed by atoms with Crippen molar-refractivity contribution in [1.82, 2.24) is 9.21 Å². The minimum Gasteiger partial charge on any atom is -0.337 e. The Kier molecular flexibility index (Phi) is 6.48. The fourth-order valence-electron chi connectivity index (χ4n) is 3.23. The van der Waals surface area contributed by atoms with E-state index in [4.69, 9.17) is 5.26 Å². The summed E-state index contributed by atoms with van der Waals surface area (Å²) in [5, 5.41) is 9.15. The number of hydrogen-bond acceptors (Lipinski definition) is 4. The van der Waals surface area contributed by atoms with Crippen LogP contribution in [0.15, 0.2) is 65.6 Å². The predicted octanol–water partition coefficient (Wildman–Crippen LogP) is 3.04. The second kappa shape index (κ2) is 8.91. The molecule has 0 bridgehead atoms. The van der Waals surface area contributed by atoms with E-state index >= 15 is 0 Å². The van der Waals surface area contributed by atoms with Crippen molar-refractivity contribution in [2.24, 2.45) is 0 Å². The van der Waals surface area contributed by atoms with Crippen LogP contribution < -0.4 is 0 Å². The molecule has 0 unspecified atom stereocenters. The molecule has 1 aliphatic rings. The first-order chi connectivity index (χ1) is 14.6. The molecule has 1 heterocycles.